The van der Waals surface area contributed by atoms with E-state index in [1.807, 2.05) is 30.3 Å². The van der Waals surface area contributed by atoms with Gasteiger partial charge in [-0.3, -0.25) is 4.79 Å². The Hall–Kier alpha value is -2.28. The van der Waals surface area contributed by atoms with Crippen LogP contribution in [-0.2, 0) is 11.3 Å². The van der Waals surface area contributed by atoms with E-state index in [9.17, 15) is 4.79 Å². The first kappa shape index (κ1) is 13.2. The number of aliphatic hydroxyl groups is 1. The highest BCUT2D eigenvalue weighted by Crippen LogP contribution is 2.11. The van der Waals surface area contributed by atoms with Crippen molar-refractivity contribution in [1.29, 1.82) is 0 Å². The lowest BCUT2D eigenvalue weighted by atomic mass is 10.2. The predicted molar refractivity (Wildman–Crippen MR) is 67.9 cm³/mol. The number of nitrogens with zero attached hydrogens (tertiary/aromatic N) is 4. The van der Waals surface area contributed by atoms with Gasteiger partial charge < -0.3 is 10.4 Å². The number of tetrazole rings is 1. The molecule has 0 aliphatic rings. The number of hydrogen-bond acceptors (Lipinski definition) is 5. The molecule has 7 heteroatoms. The normalized spacial score (nSPS) is 12.1. The minimum atomic E-state index is -0.287. The molecule has 1 aromatic carbocycles. The van der Waals surface area contributed by atoms with Gasteiger partial charge in [0, 0.05) is 11.6 Å². The van der Waals surface area contributed by atoms with Crippen LogP contribution in [0.15, 0.2) is 30.3 Å². The molecule has 1 unspecified atom stereocenters. The Bertz CT molecular complexity index is 540. The lowest BCUT2D eigenvalue weighted by molar-refractivity contribution is -0.122. The summed E-state index contributed by atoms with van der Waals surface area (Å²) in [5.74, 6) is 0.210. The van der Waals surface area contributed by atoms with Crippen LogP contribution >= 0.6 is 0 Å². The van der Waals surface area contributed by atoms with Gasteiger partial charge in [0.15, 0.2) is 0 Å². The molecule has 19 heavy (non-hydrogen) atoms. The van der Waals surface area contributed by atoms with Crippen LogP contribution in [0.1, 0.15) is 6.92 Å². The van der Waals surface area contributed by atoms with Crippen molar-refractivity contribution in [3.05, 3.63) is 30.3 Å². The Morgan fingerprint density at radius 2 is 2.16 bits per heavy atom. The summed E-state index contributed by atoms with van der Waals surface area (Å²) in [7, 11) is 0. The molecule has 1 amide bonds. The van der Waals surface area contributed by atoms with Crippen molar-refractivity contribution in [3.63, 3.8) is 0 Å². The minimum Gasteiger partial charge on any atom is -0.394 e. The molecule has 1 atom stereocenters. The molecular weight excluding hydrogens is 246 g/mol. The fraction of sp³-hybridized carbons (Fsp3) is 0.333. The van der Waals surface area contributed by atoms with E-state index in [4.69, 9.17) is 5.11 Å². The number of benzene rings is 1. The molecule has 0 fully saturated rings. The fourth-order valence-electron chi connectivity index (χ4n) is 1.51. The summed E-state index contributed by atoms with van der Waals surface area (Å²) in [6.07, 6.45) is 0. The lowest BCUT2D eigenvalue weighted by Crippen LogP contribution is -2.37. The summed E-state index contributed by atoms with van der Waals surface area (Å²) in [5.41, 5.74) is 0.845. The molecule has 0 aliphatic heterocycles. The zero-order valence-corrected chi connectivity index (χ0v) is 10.5. The topological polar surface area (TPSA) is 92.9 Å². The molecule has 100 valence electrons. The molecule has 0 aliphatic carbocycles. The zero-order valence-electron chi connectivity index (χ0n) is 10.5. The Morgan fingerprint density at radius 3 is 2.84 bits per heavy atom. The van der Waals surface area contributed by atoms with E-state index in [1.54, 1.807) is 6.92 Å². The summed E-state index contributed by atoms with van der Waals surface area (Å²) < 4.78 is 0. The monoisotopic (exact) mass is 261 g/mol. The molecule has 0 bridgehead atoms. The third-order valence-corrected chi connectivity index (χ3v) is 2.45. The Kier molecular flexibility index (Phi) is 4.19. The fourth-order valence-corrected chi connectivity index (χ4v) is 1.51. The molecule has 7 nitrogen and oxygen atoms in total. The molecule has 0 spiro atoms. The van der Waals surface area contributed by atoms with E-state index in [2.05, 4.69) is 20.7 Å². The predicted octanol–water partition coefficient (Wildman–Crippen LogP) is -0.163. The number of aromatic nitrogens is 4. The van der Waals surface area contributed by atoms with E-state index < -0.39 is 0 Å². The molecule has 1 heterocycles. The van der Waals surface area contributed by atoms with Gasteiger partial charge in [-0.15, -0.1) is 10.2 Å². The van der Waals surface area contributed by atoms with Crippen LogP contribution in [0.3, 0.4) is 0 Å². The van der Waals surface area contributed by atoms with Gasteiger partial charge in [0.1, 0.15) is 6.54 Å². The van der Waals surface area contributed by atoms with Crippen LogP contribution in [0.2, 0.25) is 0 Å². The van der Waals surface area contributed by atoms with Crippen molar-refractivity contribution < 1.29 is 9.90 Å². The quantitative estimate of drug-likeness (QED) is 0.780. The standard InChI is InChI=1S/C12H15N5O2/c1-9(8-18)13-11(19)7-17-15-12(14-16-17)10-5-3-2-4-6-10/h2-6,9,18H,7-8H2,1H3,(H,13,19). The van der Waals surface area contributed by atoms with Crippen LogP contribution in [0, 0.1) is 0 Å². The number of carbonyl (C=O) groups excluding carboxylic acids is 1. The van der Waals surface area contributed by atoms with Gasteiger partial charge in [0.2, 0.25) is 11.7 Å². The molecule has 0 radical (unpaired) electrons. The van der Waals surface area contributed by atoms with E-state index in [-0.39, 0.29) is 25.1 Å². The van der Waals surface area contributed by atoms with Gasteiger partial charge in [-0.2, -0.15) is 4.80 Å². The highest BCUT2D eigenvalue weighted by Gasteiger charge is 2.10. The van der Waals surface area contributed by atoms with Gasteiger partial charge in [-0.05, 0) is 12.1 Å². The zero-order chi connectivity index (χ0) is 13.7. The molecule has 0 saturated carbocycles. The lowest BCUT2D eigenvalue weighted by Gasteiger charge is -2.09. The third-order valence-electron chi connectivity index (χ3n) is 2.45. The average molecular weight is 261 g/mol. The van der Waals surface area contributed by atoms with Gasteiger partial charge in [-0.25, -0.2) is 0 Å². The Morgan fingerprint density at radius 1 is 1.42 bits per heavy atom. The third kappa shape index (κ3) is 3.59. The molecule has 1 aromatic heterocycles. The second-order valence-electron chi connectivity index (χ2n) is 4.16. The first-order valence-electron chi connectivity index (χ1n) is 5.92. The van der Waals surface area contributed by atoms with Crippen LogP contribution in [-0.4, -0.2) is 43.9 Å². The van der Waals surface area contributed by atoms with Crippen molar-refractivity contribution in [2.24, 2.45) is 0 Å². The van der Waals surface area contributed by atoms with Crippen LogP contribution in [0.5, 0.6) is 0 Å². The average Bonchev–Trinajstić information content (AvgIpc) is 2.88. The Labute approximate surface area is 110 Å². The van der Waals surface area contributed by atoms with E-state index in [1.165, 1.54) is 4.80 Å². The first-order chi connectivity index (χ1) is 9.19. The maximum Gasteiger partial charge on any atom is 0.243 e. The van der Waals surface area contributed by atoms with Crippen LogP contribution < -0.4 is 5.32 Å². The first-order valence-corrected chi connectivity index (χ1v) is 5.92. The van der Waals surface area contributed by atoms with Gasteiger partial charge in [0.25, 0.3) is 0 Å². The maximum atomic E-state index is 11.6. The smallest absolute Gasteiger partial charge is 0.243 e. The number of amides is 1. The second-order valence-corrected chi connectivity index (χ2v) is 4.16. The van der Waals surface area contributed by atoms with Crippen LogP contribution in [0.25, 0.3) is 11.4 Å². The van der Waals surface area contributed by atoms with Crippen molar-refractivity contribution in [2.75, 3.05) is 6.61 Å². The number of nitrogens with one attached hydrogen (secondary N) is 1. The highest BCUT2D eigenvalue weighted by atomic mass is 16.3. The van der Waals surface area contributed by atoms with E-state index >= 15 is 0 Å². The van der Waals surface area contributed by atoms with Gasteiger partial charge >= 0.3 is 0 Å². The summed E-state index contributed by atoms with van der Waals surface area (Å²) in [4.78, 5) is 12.8. The van der Waals surface area contributed by atoms with Crippen molar-refractivity contribution in [3.8, 4) is 11.4 Å². The van der Waals surface area contributed by atoms with Gasteiger partial charge in [0.05, 0.1) is 6.61 Å². The SMILES string of the molecule is CC(CO)NC(=O)Cn1nnc(-c2ccccc2)n1. The minimum absolute atomic E-state index is 0.0236. The molecule has 2 aromatic rings. The number of rotatable bonds is 5. The molecule has 2 N–H and O–H groups in total. The number of aliphatic hydroxyl groups excluding tert-OH is 1. The maximum absolute atomic E-state index is 11.6. The number of hydrogen-bond donors (Lipinski definition) is 2. The molecular formula is C12H15N5O2. The summed E-state index contributed by atoms with van der Waals surface area (Å²) in [6, 6.07) is 9.11. The number of carbonyl (C=O) groups is 1. The summed E-state index contributed by atoms with van der Waals surface area (Å²) in [5, 5.41) is 23.3. The van der Waals surface area contributed by atoms with Crippen molar-refractivity contribution in [2.45, 2.75) is 19.5 Å². The Balaban J connectivity index is 2.00. The highest BCUT2D eigenvalue weighted by molar-refractivity contribution is 5.75. The summed E-state index contributed by atoms with van der Waals surface area (Å²) in [6.45, 7) is 1.58. The van der Waals surface area contributed by atoms with Gasteiger partial charge in [-0.1, -0.05) is 30.3 Å². The molecule has 2 rings (SSSR count). The van der Waals surface area contributed by atoms with E-state index in [0.29, 0.717) is 5.82 Å². The van der Waals surface area contributed by atoms with Crippen molar-refractivity contribution in [1.82, 2.24) is 25.5 Å². The molecule has 0 saturated heterocycles. The van der Waals surface area contributed by atoms with E-state index in [0.717, 1.165) is 5.56 Å². The summed E-state index contributed by atoms with van der Waals surface area (Å²) >= 11 is 0. The van der Waals surface area contributed by atoms with Crippen LogP contribution in [0.4, 0.5) is 0 Å². The largest absolute Gasteiger partial charge is 0.394 e. The van der Waals surface area contributed by atoms with Crippen molar-refractivity contribution >= 4 is 5.91 Å². The second kappa shape index (κ2) is 6.05.